The number of nitrogens with zero attached hydrogens (tertiary/aromatic N) is 1. The number of ether oxygens (including phenoxy) is 1. The summed E-state index contributed by atoms with van der Waals surface area (Å²) in [5, 5.41) is 0.439. The van der Waals surface area contributed by atoms with Gasteiger partial charge in [0.2, 0.25) is 0 Å². The SMILES string of the molecule is Nc1nc2c(s1)C(=O)COC2. The Morgan fingerprint density at radius 2 is 2.36 bits per heavy atom. The van der Waals surface area contributed by atoms with E-state index in [1.807, 2.05) is 0 Å². The molecule has 0 fully saturated rings. The van der Waals surface area contributed by atoms with E-state index >= 15 is 0 Å². The van der Waals surface area contributed by atoms with E-state index in [2.05, 4.69) is 4.98 Å². The van der Waals surface area contributed by atoms with Crippen molar-refractivity contribution >= 4 is 22.3 Å². The van der Waals surface area contributed by atoms with Crippen molar-refractivity contribution in [1.82, 2.24) is 4.98 Å². The van der Waals surface area contributed by atoms with Gasteiger partial charge in [0.15, 0.2) is 10.9 Å². The van der Waals surface area contributed by atoms with Crippen LogP contribution in [0.5, 0.6) is 0 Å². The second-order valence-corrected chi connectivity index (χ2v) is 3.27. The molecule has 0 amide bonds. The smallest absolute Gasteiger partial charge is 0.200 e. The maximum Gasteiger partial charge on any atom is 0.200 e. The van der Waals surface area contributed by atoms with E-state index < -0.39 is 0 Å². The van der Waals surface area contributed by atoms with E-state index in [9.17, 15) is 4.79 Å². The van der Waals surface area contributed by atoms with E-state index in [1.165, 1.54) is 11.3 Å². The summed E-state index contributed by atoms with van der Waals surface area (Å²) in [7, 11) is 0. The number of nitrogens with two attached hydrogens (primary N) is 1. The number of Topliss-reactive ketones (excluding diaryl/α,β-unsaturated/α-hetero) is 1. The second-order valence-electron chi connectivity index (χ2n) is 2.24. The third kappa shape index (κ3) is 1.02. The lowest BCUT2D eigenvalue weighted by molar-refractivity contribution is 0.0664. The minimum atomic E-state index is -0.0135. The maximum absolute atomic E-state index is 11.1. The third-order valence-electron chi connectivity index (χ3n) is 1.44. The summed E-state index contributed by atoms with van der Waals surface area (Å²) in [6.45, 7) is 0.573. The Morgan fingerprint density at radius 3 is 3.09 bits per heavy atom. The highest BCUT2D eigenvalue weighted by Gasteiger charge is 2.21. The molecule has 0 aliphatic carbocycles. The Balaban J connectivity index is 2.52. The first-order chi connectivity index (χ1) is 5.27. The number of fused-ring (bicyclic) bond motifs is 1. The zero-order valence-electron chi connectivity index (χ0n) is 5.66. The summed E-state index contributed by atoms with van der Waals surface area (Å²) in [4.78, 5) is 15.7. The van der Waals surface area contributed by atoms with Crippen molar-refractivity contribution in [3.05, 3.63) is 10.6 Å². The maximum atomic E-state index is 11.1. The summed E-state index contributed by atoms with van der Waals surface area (Å²) >= 11 is 1.24. The first-order valence-corrected chi connectivity index (χ1v) is 3.95. The lowest BCUT2D eigenvalue weighted by Crippen LogP contribution is -2.15. The van der Waals surface area contributed by atoms with Gasteiger partial charge in [-0.15, -0.1) is 0 Å². The standard InChI is InChI=1S/C6H6N2O2S/c7-6-8-3-1-10-2-4(9)5(3)11-6/h1-2H2,(H2,7,8). The van der Waals surface area contributed by atoms with Crippen molar-refractivity contribution < 1.29 is 9.53 Å². The number of rotatable bonds is 0. The van der Waals surface area contributed by atoms with Crippen LogP contribution in [0.25, 0.3) is 0 Å². The Hall–Kier alpha value is -0.940. The summed E-state index contributed by atoms with van der Waals surface area (Å²) in [5.41, 5.74) is 6.10. The van der Waals surface area contributed by atoms with Gasteiger partial charge in [-0.3, -0.25) is 4.79 Å². The molecule has 0 saturated heterocycles. The van der Waals surface area contributed by atoms with Crippen LogP contribution in [0.1, 0.15) is 15.4 Å². The molecule has 0 aromatic carbocycles. The number of ketones is 1. The lowest BCUT2D eigenvalue weighted by atomic mass is 10.2. The van der Waals surface area contributed by atoms with E-state index in [1.54, 1.807) is 0 Å². The Kier molecular flexibility index (Phi) is 1.40. The predicted molar refractivity (Wildman–Crippen MR) is 40.5 cm³/mol. The topological polar surface area (TPSA) is 65.2 Å². The normalized spacial score (nSPS) is 16.5. The molecule has 5 heteroatoms. The Labute approximate surface area is 67.0 Å². The number of hydrogen-bond acceptors (Lipinski definition) is 5. The number of carbonyl (C=O) groups is 1. The molecule has 2 heterocycles. The minimum Gasteiger partial charge on any atom is -0.375 e. The van der Waals surface area contributed by atoms with Crippen molar-refractivity contribution in [3.8, 4) is 0 Å². The van der Waals surface area contributed by atoms with Gasteiger partial charge in [-0.25, -0.2) is 4.98 Å². The van der Waals surface area contributed by atoms with Gasteiger partial charge in [0, 0.05) is 0 Å². The summed E-state index contributed by atoms with van der Waals surface area (Å²) in [6, 6.07) is 0. The molecule has 0 radical (unpaired) electrons. The van der Waals surface area contributed by atoms with Gasteiger partial charge in [-0.2, -0.15) is 0 Å². The molecule has 0 saturated carbocycles. The number of aromatic nitrogens is 1. The summed E-state index contributed by atoms with van der Waals surface area (Å²) in [6.07, 6.45) is 0. The Bertz CT molecular complexity index is 308. The van der Waals surface area contributed by atoms with Crippen molar-refractivity contribution in [3.63, 3.8) is 0 Å². The van der Waals surface area contributed by atoms with Gasteiger partial charge in [-0.1, -0.05) is 11.3 Å². The van der Waals surface area contributed by atoms with Crippen molar-refractivity contribution in [1.29, 1.82) is 0 Å². The number of carbonyl (C=O) groups excluding carboxylic acids is 1. The van der Waals surface area contributed by atoms with Crippen LogP contribution >= 0.6 is 11.3 Å². The molecule has 1 aromatic rings. The number of thiazole rings is 1. The largest absolute Gasteiger partial charge is 0.375 e. The van der Waals surface area contributed by atoms with Crippen LogP contribution in [0.2, 0.25) is 0 Å². The van der Waals surface area contributed by atoms with Crippen LogP contribution in [-0.2, 0) is 11.3 Å². The Morgan fingerprint density at radius 1 is 1.55 bits per heavy atom. The second kappa shape index (κ2) is 2.28. The molecule has 0 bridgehead atoms. The lowest BCUT2D eigenvalue weighted by Gasteiger charge is -2.07. The molecule has 2 N–H and O–H groups in total. The van der Waals surface area contributed by atoms with Gasteiger partial charge in [0.05, 0.1) is 12.3 Å². The highest BCUT2D eigenvalue weighted by molar-refractivity contribution is 7.17. The monoisotopic (exact) mass is 170 g/mol. The van der Waals surface area contributed by atoms with Crippen molar-refractivity contribution in [2.45, 2.75) is 6.61 Å². The molecule has 2 rings (SSSR count). The minimum absolute atomic E-state index is 0.0135. The number of nitrogen functional groups attached to an aromatic ring is 1. The molecule has 1 aromatic heterocycles. The molecule has 1 aliphatic heterocycles. The first-order valence-electron chi connectivity index (χ1n) is 3.13. The van der Waals surface area contributed by atoms with Gasteiger partial charge in [-0.05, 0) is 0 Å². The fourth-order valence-corrected chi connectivity index (χ4v) is 1.75. The van der Waals surface area contributed by atoms with Crippen LogP contribution in [0, 0.1) is 0 Å². The van der Waals surface area contributed by atoms with E-state index in [0.29, 0.717) is 22.3 Å². The fourth-order valence-electron chi connectivity index (χ4n) is 0.992. The van der Waals surface area contributed by atoms with Crippen molar-refractivity contribution in [2.24, 2.45) is 0 Å². The molecular weight excluding hydrogens is 164 g/mol. The zero-order valence-corrected chi connectivity index (χ0v) is 6.48. The zero-order chi connectivity index (χ0) is 7.84. The number of hydrogen-bond donors (Lipinski definition) is 1. The molecule has 58 valence electrons. The molecule has 4 nitrogen and oxygen atoms in total. The molecule has 11 heavy (non-hydrogen) atoms. The third-order valence-corrected chi connectivity index (χ3v) is 2.41. The van der Waals surface area contributed by atoms with Crippen LogP contribution in [-0.4, -0.2) is 17.4 Å². The van der Waals surface area contributed by atoms with E-state index in [-0.39, 0.29) is 12.4 Å². The van der Waals surface area contributed by atoms with Crippen LogP contribution < -0.4 is 5.73 Å². The fraction of sp³-hybridized carbons (Fsp3) is 0.333. The molecular formula is C6H6N2O2S. The van der Waals surface area contributed by atoms with Gasteiger partial charge >= 0.3 is 0 Å². The van der Waals surface area contributed by atoms with Crippen LogP contribution in [0.4, 0.5) is 5.13 Å². The highest BCUT2D eigenvalue weighted by Crippen LogP contribution is 2.24. The number of anilines is 1. The van der Waals surface area contributed by atoms with Crippen molar-refractivity contribution in [2.75, 3.05) is 12.3 Å². The molecule has 0 spiro atoms. The quantitative estimate of drug-likeness (QED) is 0.613. The summed E-state index contributed by atoms with van der Waals surface area (Å²) in [5.74, 6) is -0.0135. The van der Waals surface area contributed by atoms with E-state index in [0.717, 1.165) is 0 Å². The molecule has 1 aliphatic rings. The van der Waals surface area contributed by atoms with Crippen LogP contribution in [0.15, 0.2) is 0 Å². The van der Waals surface area contributed by atoms with Gasteiger partial charge < -0.3 is 10.5 Å². The van der Waals surface area contributed by atoms with Crippen LogP contribution in [0.3, 0.4) is 0 Å². The summed E-state index contributed by atoms with van der Waals surface area (Å²) < 4.78 is 4.96. The highest BCUT2D eigenvalue weighted by atomic mass is 32.1. The molecule has 0 unspecified atom stereocenters. The first kappa shape index (κ1) is 6.75. The van der Waals surface area contributed by atoms with E-state index in [4.69, 9.17) is 10.5 Å². The average molecular weight is 170 g/mol. The average Bonchev–Trinajstić information content (AvgIpc) is 2.31. The van der Waals surface area contributed by atoms with Gasteiger partial charge in [0.25, 0.3) is 0 Å². The van der Waals surface area contributed by atoms with Gasteiger partial charge in [0.1, 0.15) is 11.5 Å². The molecule has 0 atom stereocenters. The predicted octanol–water partition coefficient (Wildman–Crippen LogP) is 0.438.